The average molecular weight is 446 g/mol. The minimum absolute atomic E-state index is 0.0825. The molecule has 0 spiro atoms. The van der Waals surface area contributed by atoms with Crippen LogP contribution in [0.3, 0.4) is 0 Å². The summed E-state index contributed by atoms with van der Waals surface area (Å²) in [6.45, 7) is 9.19. The monoisotopic (exact) mass is 445 g/mol. The molecule has 8 heteroatoms. The van der Waals surface area contributed by atoms with E-state index in [0.717, 1.165) is 5.56 Å². The van der Waals surface area contributed by atoms with Crippen molar-refractivity contribution in [1.29, 1.82) is 0 Å². The van der Waals surface area contributed by atoms with Crippen LogP contribution in [0.5, 0.6) is 0 Å². The maximum Gasteiger partial charge on any atom is 0.316 e. The quantitative estimate of drug-likeness (QED) is 0.459. The number of hydrogen-bond donors (Lipinski definition) is 2. The number of nitrogens with one attached hydrogen (secondary N) is 2. The van der Waals surface area contributed by atoms with Gasteiger partial charge in [-0.15, -0.1) is 0 Å². The number of aryl methyl sites for hydroxylation is 1. The predicted molar refractivity (Wildman–Crippen MR) is 129 cm³/mol. The molecular formula is C25H27N5O3. The van der Waals surface area contributed by atoms with Gasteiger partial charge in [-0.2, -0.15) is 5.10 Å². The van der Waals surface area contributed by atoms with Crippen molar-refractivity contribution in [2.75, 3.05) is 5.32 Å². The number of anilines is 1. The Balaban J connectivity index is 1.56. The summed E-state index contributed by atoms with van der Waals surface area (Å²) in [5.41, 5.74) is 2.45. The van der Waals surface area contributed by atoms with Crippen molar-refractivity contribution in [2.45, 2.75) is 46.2 Å². The minimum Gasteiger partial charge on any atom is -0.316 e. The Morgan fingerprint density at radius 3 is 2.45 bits per heavy atom. The fraction of sp³-hybridized carbons (Fsp3) is 0.280. The number of rotatable bonds is 5. The van der Waals surface area contributed by atoms with Crippen molar-refractivity contribution in [3.8, 4) is 0 Å². The van der Waals surface area contributed by atoms with Gasteiger partial charge in [-0.25, -0.2) is 4.68 Å². The number of carbonyl (C=O) groups excluding carboxylic acids is 1. The molecule has 1 amide bonds. The summed E-state index contributed by atoms with van der Waals surface area (Å²) in [7, 11) is 0. The van der Waals surface area contributed by atoms with Gasteiger partial charge in [0.15, 0.2) is 0 Å². The van der Waals surface area contributed by atoms with E-state index in [1.54, 1.807) is 42.1 Å². The van der Waals surface area contributed by atoms with E-state index >= 15 is 0 Å². The molecule has 0 unspecified atom stereocenters. The summed E-state index contributed by atoms with van der Waals surface area (Å²) >= 11 is 0. The number of hydrogen-bond acceptors (Lipinski definition) is 4. The molecule has 0 aliphatic rings. The van der Waals surface area contributed by atoms with Crippen LogP contribution in [0.15, 0.2) is 64.3 Å². The fourth-order valence-electron chi connectivity index (χ4n) is 3.77. The van der Waals surface area contributed by atoms with Crippen molar-refractivity contribution >= 4 is 22.8 Å². The second-order valence-electron chi connectivity index (χ2n) is 9.01. The highest BCUT2D eigenvalue weighted by molar-refractivity contribution is 6.05. The van der Waals surface area contributed by atoms with Gasteiger partial charge in [-0.1, -0.05) is 45.0 Å². The van der Waals surface area contributed by atoms with Crippen LogP contribution in [0, 0.1) is 0 Å². The Labute approximate surface area is 190 Å². The standard InChI is InChI=1S/C25H27N5O3/c1-5-29-20-11-8-17(14-19(20)27-23(32)24(29)33)22(31)28-21-12-13-26-30(21)15-16-6-9-18(10-7-16)25(2,3)4/h6-14H,5,15H2,1-4H3,(H,27,32)(H,28,31). The lowest BCUT2D eigenvalue weighted by Gasteiger charge is -2.19. The van der Waals surface area contributed by atoms with Gasteiger partial charge in [0.1, 0.15) is 5.82 Å². The molecule has 8 nitrogen and oxygen atoms in total. The summed E-state index contributed by atoms with van der Waals surface area (Å²) < 4.78 is 3.11. The number of carbonyl (C=O) groups is 1. The van der Waals surface area contributed by atoms with E-state index in [1.807, 2.05) is 0 Å². The summed E-state index contributed by atoms with van der Waals surface area (Å²) in [6.07, 6.45) is 1.64. The van der Waals surface area contributed by atoms with Gasteiger partial charge in [0, 0.05) is 18.2 Å². The van der Waals surface area contributed by atoms with Gasteiger partial charge in [0.2, 0.25) is 0 Å². The second kappa shape index (κ2) is 8.54. The molecule has 0 fully saturated rings. The van der Waals surface area contributed by atoms with Crippen molar-refractivity contribution < 1.29 is 4.79 Å². The van der Waals surface area contributed by atoms with Crippen LogP contribution in [-0.4, -0.2) is 25.2 Å². The highest BCUT2D eigenvalue weighted by Crippen LogP contribution is 2.23. The molecule has 2 N–H and O–H groups in total. The number of aromatic amines is 1. The predicted octanol–water partition coefficient (Wildman–Crippen LogP) is 3.50. The molecule has 4 aromatic rings. The molecule has 2 heterocycles. The van der Waals surface area contributed by atoms with Gasteiger partial charge in [0.05, 0.1) is 23.8 Å². The molecule has 0 saturated carbocycles. The smallest absolute Gasteiger partial charge is 0.316 e. The van der Waals surface area contributed by atoms with Crippen LogP contribution in [-0.2, 0) is 18.5 Å². The minimum atomic E-state index is -0.711. The molecule has 2 aromatic heterocycles. The molecular weight excluding hydrogens is 418 g/mol. The van der Waals surface area contributed by atoms with Crippen LogP contribution in [0.1, 0.15) is 49.2 Å². The highest BCUT2D eigenvalue weighted by Gasteiger charge is 2.15. The van der Waals surface area contributed by atoms with E-state index in [1.165, 1.54) is 10.1 Å². The van der Waals surface area contributed by atoms with E-state index in [0.29, 0.717) is 35.5 Å². The number of fused-ring (bicyclic) bond motifs is 1. The Kier molecular flexibility index (Phi) is 5.76. The van der Waals surface area contributed by atoms with Gasteiger partial charge < -0.3 is 14.9 Å². The van der Waals surface area contributed by atoms with Gasteiger partial charge in [-0.3, -0.25) is 14.4 Å². The Hall–Kier alpha value is -3.94. The number of amides is 1. The number of benzene rings is 2. The second-order valence-corrected chi connectivity index (χ2v) is 9.01. The lowest BCUT2D eigenvalue weighted by molar-refractivity contribution is 0.102. The third kappa shape index (κ3) is 4.50. The number of H-pyrrole nitrogens is 1. The normalized spacial score (nSPS) is 11.6. The Bertz CT molecular complexity index is 1440. The molecule has 0 radical (unpaired) electrons. The highest BCUT2D eigenvalue weighted by atomic mass is 16.2. The third-order valence-corrected chi connectivity index (χ3v) is 5.66. The summed E-state index contributed by atoms with van der Waals surface area (Å²) in [4.78, 5) is 39.4. The lowest BCUT2D eigenvalue weighted by Crippen LogP contribution is -2.36. The van der Waals surface area contributed by atoms with E-state index < -0.39 is 11.1 Å². The largest absolute Gasteiger partial charge is 0.316 e. The van der Waals surface area contributed by atoms with Gasteiger partial charge >= 0.3 is 11.1 Å². The summed E-state index contributed by atoms with van der Waals surface area (Å²) in [5.74, 6) is 0.226. The molecule has 2 aromatic carbocycles. The Morgan fingerprint density at radius 1 is 1.06 bits per heavy atom. The zero-order chi connectivity index (χ0) is 23.8. The molecule has 0 atom stereocenters. The topological polar surface area (TPSA) is 102 Å². The first-order valence-corrected chi connectivity index (χ1v) is 10.9. The van der Waals surface area contributed by atoms with E-state index in [-0.39, 0.29) is 11.3 Å². The average Bonchev–Trinajstić information content (AvgIpc) is 3.20. The first-order valence-electron chi connectivity index (χ1n) is 10.9. The fourth-order valence-corrected chi connectivity index (χ4v) is 3.77. The van der Waals surface area contributed by atoms with Crippen molar-refractivity contribution in [3.05, 3.63) is 92.1 Å². The van der Waals surface area contributed by atoms with E-state index in [2.05, 4.69) is 60.4 Å². The first-order chi connectivity index (χ1) is 15.7. The number of nitrogens with zero attached hydrogens (tertiary/aromatic N) is 3. The van der Waals surface area contributed by atoms with Crippen molar-refractivity contribution in [1.82, 2.24) is 19.3 Å². The molecule has 0 aliphatic heterocycles. The molecule has 4 rings (SSSR count). The SMILES string of the molecule is CCn1c(=O)c(=O)[nH]c2cc(C(=O)Nc3ccnn3Cc3ccc(C(C)(C)C)cc3)ccc21. The maximum atomic E-state index is 12.9. The van der Waals surface area contributed by atoms with Crippen LogP contribution in [0.4, 0.5) is 5.82 Å². The molecule has 170 valence electrons. The van der Waals surface area contributed by atoms with Gasteiger partial charge in [-0.05, 0) is 41.7 Å². The van der Waals surface area contributed by atoms with Crippen LogP contribution >= 0.6 is 0 Å². The lowest BCUT2D eigenvalue weighted by atomic mass is 9.87. The van der Waals surface area contributed by atoms with Crippen LogP contribution in [0.25, 0.3) is 11.0 Å². The summed E-state index contributed by atoms with van der Waals surface area (Å²) in [6, 6.07) is 15.0. The summed E-state index contributed by atoms with van der Waals surface area (Å²) in [5, 5.41) is 7.22. The molecule has 0 saturated heterocycles. The maximum absolute atomic E-state index is 12.9. The van der Waals surface area contributed by atoms with E-state index in [9.17, 15) is 14.4 Å². The third-order valence-electron chi connectivity index (χ3n) is 5.66. The van der Waals surface area contributed by atoms with Crippen molar-refractivity contribution in [3.63, 3.8) is 0 Å². The molecule has 0 aliphatic carbocycles. The van der Waals surface area contributed by atoms with Crippen LogP contribution < -0.4 is 16.4 Å². The zero-order valence-corrected chi connectivity index (χ0v) is 19.2. The van der Waals surface area contributed by atoms with Crippen LogP contribution in [0.2, 0.25) is 0 Å². The van der Waals surface area contributed by atoms with E-state index in [4.69, 9.17) is 0 Å². The van der Waals surface area contributed by atoms with Crippen molar-refractivity contribution in [2.24, 2.45) is 0 Å². The molecule has 33 heavy (non-hydrogen) atoms. The number of aromatic nitrogens is 4. The zero-order valence-electron chi connectivity index (χ0n) is 19.2. The van der Waals surface area contributed by atoms with Gasteiger partial charge in [0.25, 0.3) is 5.91 Å². The Morgan fingerprint density at radius 2 is 1.79 bits per heavy atom. The molecule has 0 bridgehead atoms. The first kappa shape index (κ1) is 22.3.